The quantitative estimate of drug-likeness (QED) is 0.700. The summed E-state index contributed by atoms with van der Waals surface area (Å²) < 4.78 is 0.392. The van der Waals surface area contributed by atoms with Crippen LogP contribution in [-0.2, 0) is 9.59 Å². The highest BCUT2D eigenvalue weighted by Crippen LogP contribution is 2.42. The first-order chi connectivity index (χ1) is 6.69. The van der Waals surface area contributed by atoms with Crippen LogP contribution in [0.25, 0.3) is 0 Å². The Hall–Kier alpha value is -0.880. The van der Waals surface area contributed by atoms with Gasteiger partial charge in [0.1, 0.15) is 0 Å². The Kier molecular flexibility index (Phi) is 2.93. The second-order valence-corrected chi connectivity index (χ2v) is 5.02. The molecule has 0 bridgehead atoms. The number of carboxylic acids is 2. The van der Waals surface area contributed by atoms with E-state index in [4.69, 9.17) is 10.2 Å². The SMILES string of the molecule is CC1(C(=O)O)C=C(Br)CC(O)(C(=O)O)C1. The zero-order chi connectivity index (χ0) is 11.9. The van der Waals surface area contributed by atoms with Gasteiger partial charge < -0.3 is 15.3 Å². The molecule has 1 aliphatic carbocycles. The Bertz CT molecular complexity index is 350. The average Bonchev–Trinajstić information content (AvgIpc) is 2.00. The summed E-state index contributed by atoms with van der Waals surface area (Å²) in [4.78, 5) is 21.8. The summed E-state index contributed by atoms with van der Waals surface area (Å²) in [6, 6.07) is 0. The van der Waals surface area contributed by atoms with Gasteiger partial charge in [-0.2, -0.15) is 0 Å². The van der Waals surface area contributed by atoms with Gasteiger partial charge in [-0.15, -0.1) is 0 Å². The van der Waals surface area contributed by atoms with E-state index in [0.717, 1.165) is 0 Å². The number of aliphatic carboxylic acids is 2. The van der Waals surface area contributed by atoms with Crippen LogP contribution in [0.15, 0.2) is 10.6 Å². The van der Waals surface area contributed by atoms with Gasteiger partial charge in [0, 0.05) is 12.8 Å². The third-order valence-corrected chi connectivity index (χ3v) is 2.99. The molecule has 0 aromatic heterocycles. The van der Waals surface area contributed by atoms with E-state index in [1.165, 1.54) is 13.0 Å². The number of carbonyl (C=O) groups is 2. The van der Waals surface area contributed by atoms with Gasteiger partial charge in [-0.05, 0) is 11.4 Å². The summed E-state index contributed by atoms with van der Waals surface area (Å²) in [7, 11) is 0. The maximum atomic E-state index is 11.0. The lowest BCUT2D eigenvalue weighted by molar-refractivity contribution is -0.165. The lowest BCUT2D eigenvalue weighted by atomic mass is 9.73. The van der Waals surface area contributed by atoms with Gasteiger partial charge in [-0.25, -0.2) is 4.79 Å². The van der Waals surface area contributed by atoms with Crippen molar-refractivity contribution in [1.82, 2.24) is 0 Å². The molecule has 0 saturated heterocycles. The Morgan fingerprint density at radius 2 is 1.93 bits per heavy atom. The molecule has 0 aliphatic heterocycles. The number of carboxylic acid groups (broad SMARTS) is 2. The zero-order valence-corrected chi connectivity index (χ0v) is 9.61. The average molecular weight is 279 g/mol. The third kappa shape index (κ3) is 2.21. The highest BCUT2D eigenvalue weighted by Gasteiger charge is 2.49. The van der Waals surface area contributed by atoms with Crippen LogP contribution in [0, 0.1) is 5.41 Å². The predicted molar refractivity (Wildman–Crippen MR) is 54.6 cm³/mol. The molecule has 2 unspecified atom stereocenters. The molecule has 1 aliphatic rings. The number of aliphatic hydroxyl groups is 1. The highest BCUT2D eigenvalue weighted by molar-refractivity contribution is 9.11. The number of halogens is 1. The van der Waals surface area contributed by atoms with Crippen molar-refractivity contribution in [2.24, 2.45) is 5.41 Å². The van der Waals surface area contributed by atoms with Crippen molar-refractivity contribution < 1.29 is 24.9 Å². The van der Waals surface area contributed by atoms with Crippen LogP contribution >= 0.6 is 15.9 Å². The molecule has 2 atom stereocenters. The predicted octanol–water partition coefficient (Wildman–Crippen LogP) is 0.966. The fraction of sp³-hybridized carbons (Fsp3) is 0.556. The second-order valence-electron chi connectivity index (χ2n) is 4.00. The van der Waals surface area contributed by atoms with Crippen LogP contribution in [0.5, 0.6) is 0 Å². The van der Waals surface area contributed by atoms with Gasteiger partial charge in [-0.1, -0.05) is 22.0 Å². The Balaban J connectivity index is 3.14. The van der Waals surface area contributed by atoms with Crippen LogP contribution in [-0.4, -0.2) is 32.9 Å². The first-order valence-corrected chi connectivity index (χ1v) is 5.05. The van der Waals surface area contributed by atoms with Gasteiger partial charge in [0.2, 0.25) is 0 Å². The normalized spacial score (nSPS) is 35.8. The number of rotatable bonds is 2. The van der Waals surface area contributed by atoms with E-state index in [-0.39, 0.29) is 12.8 Å². The topological polar surface area (TPSA) is 94.8 Å². The Morgan fingerprint density at radius 3 is 2.33 bits per heavy atom. The minimum Gasteiger partial charge on any atom is -0.481 e. The summed E-state index contributed by atoms with van der Waals surface area (Å²) in [5.41, 5.74) is -3.37. The van der Waals surface area contributed by atoms with Gasteiger partial charge in [0.05, 0.1) is 5.41 Å². The zero-order valence-electron chi connectivity index (χ0n) is 8.03. The van der Waals surface area contributed by atoms with Gasteiger partial charge in [0.15, 0.2) is 5.60 Å². The molecule has 0 aromatic rings. The van der Waals surface area contributed by atoms with E-state index in [9.17, 15) is 14.7 Å². The van der Waals surface area contributed by atoms with E-state index in [1.54, 1.807) is 0 Å². The monoisotopic (exact) mass is 278 g/mol. The van der Waals surface area contributed by atoms with E-state index in [1.807, 2.05) is 0 Å². The first kappa shape index (κ1) is 12.2. The molecule has 0 saturated carbocycles. The third-order valence-electron chi connectivity index (χ3n) is 2.48. The highest BCUT2D eigenvalue weighted by atomic mass is 79.9. The number of hydrogen-bond donors (Lipinski definition) is 3. The van der Waals surface area contributed by atoms with Crippen molar-refractivity contribution in [2.45, 2.75) is 25.4 Å². The second kappa shape index (κ2) is 3.61. The molecule has 0 heterocycles. The van der Waals surface area contributed by atoms with E-state index >= 15 is 0 Å². The van der Waals surface area contributed by atoms with Crippen molar-refractivity contribution in [3.63, 3.8) is 0 Å². The van der Waals surface area contributed by atoms with Crippen molar-refractivity contribution >= 4 is 27.9 Å². The van der Waals surface area contributed by atoms with Crippen LogP contribution in [0.1, 0.15) is 19.8 Å². The van der Waals surface area contributed by atoms with Gasteiger partial charge in [-0.3, -0.25) is 4.79 Å². The maximum absolute atomic E-state index is 11.0. The van der Waals surface area contributed by atoms with Gasteiger partial charge >= 0.3 is 11.9 Å². The summed E-state index contributed by atoms with van der Waals surface area (Å²) in [6.07, 6.45) is 0.984. The molecule has 5 nitrogen and oxygen atoms in total. The first-order valence-electron chi connectivity index (χ1n) is 4.26. The lowest BCUT2D eigenvalue weighted by Gasteiger charge is -2.35. The van der Waals surface area contributed by atoms with E-state index < -0.39 is 23.0 Å². The molecule has 0 aromatic carbocycles. The molecular formula is C9H11BrO5. The van der Waals surface area contributed by atoms with Gasteiger partial charge in [0.25, 0.3) is 0 Å². The van der Waals surface area contributed by atoms with E-state index in [2.05, 4.69) is 15.9 Å². The summed E-state index contributed by atoms with van der Waals surface area (Å²) in [5, 5.41) is 27.6. The molecule has 1 rings (SSSR count). The molecule has 6 heteroatoms. The largest absolute Gasteiger partial charge is 0.481 e. The Morgan fingerprint density at radius 1 is 1.40 bits per heavy atom. The molecule has 0 radical (unpaired) electrons. The fourth-order valence-electron chi connectivity index (χ4n) is 1.69. The van der Waals surface area contributed by atoms with Crippen LogP contribution in [0.3, 0.4) is 0 Å². The maximum Gasteiger partial charge on any atom is 0.336 e. The van der Waals surface area contributed by atoms with Crippen molar-refractivity contribution in [3.05, 3.63) is 10.6 Å². The minimum atomic E-state index is -2.01. The van der Waals surface area contributed by atoms with Crippen LogP contribution < -0.4 is 0 Å². The minimum absolute atomic E-state index is 0.106. The van der Waals surface area contributed by atoms with Crippen molar-refractivity contribution in [1.29, 1.82) is 0 Å². The standard InChI is InChI=1S/C9H11BrO5/c1-8(6(11)12)2-5(10)3-9(15,4-8)7(13)14/h2,15H,3-4H2,1H3,(H,11,12)(H,13,14). The Labute approximate surface area is 94.5 Å². The molecule has 3 N–H and O–H groups in total. The van der Waals surface area contributed by atoms with Crippen molar-refractivity contribution in [2.75, 3.05) is 0 Å². The lowest BCUT2D eigenvalue weighted by Crippen LogP contribution is -2.47. The summed E-state index contributed by atoms with van der Waals surface area (Å²) in [6.45, 7) is 1.38. The van der Waals surface area contributed by atoms with Crippen LogP contribution in [0.4, 0.5) is 0 Å². The van der Waals surface area contributed by atoms with E-state index in [0.29, 0.717) is 4.48 Å². The summed E-state index contributed by atoms with van der Waals surface area (Å²) in [5.74, 6) is -2.56. The van der Waals surface area contributed by atoms with Crippen LogP contribution in [0.2, 0.25) is 0 Å². The van der Waals surface area contributed by atoms with Crippen molar-refractivity contribution in [3.8, 4) is 0 Å². The molecule has 0 spiro atoms. The molecule has 0 fully saturated rings. The molecular weight excluding hydrogens is 268 g/mol. The molecule has 0 amide bonds. The fourth-order valence-corrected chi connectivity index (χ4v) is 2.65. The molecule has 15 heavy (non-hydrogen) atoms. The molecule has 84 valence electrons. The number of hydrogen-bond acceptors (Lipinski definition) is 3. The summed E-state index contributed by atoms with van der Waals surface area (Å²) >= 11 is 3.05. The smallest absolute Gasteiger partial charge is 0.336 e.